The minimum atomic E-state index is -0.755. The maximum atomic E-state index is 14.1. The number of hydrogen-bond acceptors (Lipinski definition) is 0. The van der Waals surface area contributed by atoms with E-state index in [0.29, 0.717) is 17.0 Å². The summed E-state index contributed by atoms with van der Waals surface area (Å²) in [4.78, 5) is 0. The van der Waals surface area contributed by atoms with E-state index in [4.69, 9.17) is 0 Å². The Labute approximate surface area is 150 Å². The zero-order valence-electron chi connectivity index (χ0n) is 14.4. The van der Waals surface area contributed by atoms with E-state index in [9.17, 15) is 8.78 Å². The molecule has 0 radical (unpaired) electrons. The van der Waals surface area contributed by atoms with Gasteiger partial charge in [-0.25, -0.2) is 8.78 Å². The summed E-state index contributed by atoms with van der Waals surface area (Å²) < 4.78 is 27.9. The molecule has 1 aliphatic rings. The van der Waals surface area contributed by atoms with Crippen molar-refractivity contribution in [3.05, 3.63) is 71.3 Å². The zero-order chi connectivity index (χ0) is 17.1. The zero-order valence-corrected chi connectivity index (χ0v) is 14.4. The van der Waals surface area contributed by atoms with Gasteiger partial charge in [-0.2, -0.15) is 0 Å². The summed E-state index contributed by atoms with van der Waals surface area (Å²) in [6.07, 6.45) is 9.32. The fraction of sp³-hybridized carbons (Fsp3) is 0.391. The molecule has 1 fully saturated rings. The van der Waals surface area contributed by atoms with Gasteiger partial charge in [-0.05, 0) is 68.1 Å². The minimum absolute atomic E-state index is 0. The Kier molecular flexibility index (Phi) is 6.52. The standard InChI is InChI=1S/C22H24F2.CH4/c1-3-4-16-6-8-17(9-7-16)18-10-12-19(13-11-18)20-14-5-15(2)21(23)22(20)24;/h3-5,10-14,16-17H,6-9H2,1-2H3;1H4. The molecule has 0 amide bonds. The van der Waals surface area contributed by atoms with Gasteiger partial charge in [-0.1, -0.05) is 56.0 Å². The van der Waals surface area contributed by atoms with Crippen LogP contribution < -0.4 is 0 Å². The first-order valence-corrected chi connectivity index (χ1v) is 8.78. The van der Waals surface area contributed by atoms with Gasteiger partial charge < -0.3 is 0 Å². The van der Waals surface area contributed by atoms with Gasteiger partial charge in [0, 0.05) is 5.56 Å². The normalized spacial score (nSPS) is 20.5. The van der Waals surface area contributed by atoms with Crippen molar-refractivity contribution in [3.63, 3.8) is 0 Å². The van der Waals surface area contributed by atoms with E-state index in [0.717, 1.165) is 11.5 Å². The molecule has 2 heteroatoms. The molecule has 0 spiro atoms. The largest absolute Gasteiger partial charge is 0.203 e. The minimum Gasteiger partial charge on any atom is -0.203 e. The third-order valence-corrected chi connectivity index (χ3v) is 5.20. The molecule has 0 aromatic heterocycles. The van der Waals surface area contributed by atoms with Crippen LogP contribution >= 0.6 is 0 Å². The molecule has 25 heavy (non-hydrogen) atoms. The van der Waals surface area contributed by atoms with Crippen LogP contribution in [0.4, 0.5) is 8.78 Å². The van der Waals surface area contributed by atoms with E-state index in [-0.39, 0.29) is 7.43 Å². The Morgan fingerprint density at radius 1 is 0.880 bits per heavy atom. The third-order valence-electron chi connectivity index (χ3n) is 5.20. The number of allylic oxidation sites excluding steroid dienone is 2. The summed E-state index contributed by atoms with van der Waals surface area (Å²) >= 11 is 0. The van der Waals surface area contributed by atoms with Gasteiger partial charge in [0.15, 0.2) is 11.6 Å². The molecule has 0 bridgehead atoms. The highest BCUT2D eigenvalue weighted by molar-refractivity contribution is 5.65. The topological polar surface area (TPSA) is 0 Å². The first-order chi connectivity index (χ1) is 11.6. The van der Waals surface area contributed by atoms with Crippen molar-refractivity contribution in [2.45, 2.75) is 52.9 Å². The molecular weight excluding hydrogens is 314 g/mol. The van der Waals surface area contributed by atoms with E-state index >= 15 is 0 Å². The molecule has 0 aliphatic heterocycles. The predicted molar refractivity (Wildman–Crippen MR) is 103 cm³/mol. The molecule has 0 saturated heterocycles. The summed E-state index contributed by atoms with van der Waals surface area (Å²) in [5, 5.41) is 0. The highest BCUT2D eigenvalue weighted by Crippen LogP contribution is 2.37. The Morgan fingerprint density at radius 2 is 1.52 bits per heavy atom. The summed E-state index contributed by atoms with van der Waals surface area (Å²) in [5.74, 6) is -0.205. The van der Waals surface area contributed by atoms with Gasteiger partial charge in [0.1, 0.15) is 0 Å². The average molecular weight is 342 g/mol. The van der Waals surface area contributed by atoms with Crippen molar-refractivity contribution in [1.29, 1.82) is 0 Å². The molecule has 134 valence electrons. The highest BCUT2D eigenvalue weighted by Gasteiger charge is 2.21. The van der Waals surface area contributed by atoms with Crippen molar-refractivity contribution in [1.82, 2.24) is 0 Å². The number of rotatable bonds is 3. The van der Waals surface area contributed by atoms with Crippen LogP contribution in [0.25, 0.3) is 11.1 Å². The number of aryl methyl sites for hydroxylation is 1. The third kappa shape index (κ3) is 4.18. The Balaban J connectivity index is 0.00000225. The quantitative estimate of drug-likeness (QED) is 0.509. The number of halogens is 2. The maximum absolute atomic E-state index is 14.1. The molecule has 2 aromatic carbocycles. The molecule has 3 rings (SSSR count). The van der Waals surface area contributed by atoms with E-state index in [1.807, 2.05) is 12.1 Å². The molecule has 1 saturated carbocycles. The fourth-order valence-electron chi connectivity index (χ4n) is 3.72. The van der Waals surface area contributed by atoms with E-state index in [1.165, 1.54) is 31.2 Å². The Morgan fingerprint density at radius 3 is 2.12 bits per heavy atom. The van der Waals surface area contributed by atoms with E-state index in [1.54, 1.807) is 19.1 Å². The summed E-state index contributed by atoms with van der Waals surface area (Å²) in [7, 11) is 0. The van der Waals surface area contributed by atoms with Crippen LogP contribution in [0.1, 0.15) is 57.1 Å². The Hall–Kier alpha value is -1.96. The fourth-order valence-corrected chi connectivity index (χ4v) is 3.72. The van der Waals surface area contributed by atoms with E-state index in [2.05, 4.69) is 31.2 Å². The Bertz CT molecular complexity index is 721. The van der Waals surface area contributed by atoms with E-state index < -0.39 is 11.6 Å². The number of benzene rings is 2. The van der Waals surface area contributed by atoms with Crippen LogP contribution in [0.5, 0.6) is 0 Å². The van der Waals surface area contributed by atoms with Crippen molar-refractivity contribution in [2.24, 2.45) is 5.92 Å². The SMILES string of the molecule is C.CC=CC1CCC(c2ccc(-c3ccc(C)c(F)c3F)cc2)CC1. The van der Waals surface area contributed by atoms with Gasteiger partial charge in [-0.15, -0.1) is 0 Å². The van der Waals surface area contributed by atoms with Crippen LogP contribution in [0.3, 0.4) is 0 Å². The molecular formula is C23H28F2. The van der Waals surface area contributed by atoms with Crippen LogP contribution in [-0.2, 0) is 0 Å². The van der Waals surface area contributed by atoms with Crippen molar-refractivity contribution in [3.8, 4) is 11.1 Å². The van der Waals surface area contributed by atoms with Gasteiger partial charge >= 0.3 is 0 Å². The van der Waals surface area contributed by atoms with Crippen LogP contribution in [0, 0.1) is 24.5 Å². The van der Waals surface area contributed by atoms with Crippen LogP contribution in [0.15, 0.2) is 48.6 Å². The summed E-state index contributed by atoms with van der Waals surface area (Å²) in [5.41, 5.74) is 2.72. The smallest absolute Gasteiger partial charge is 0.166 e. The lowest BCUT2D eigenvalue weighted by Crippen LogP contribution is -2.11. The van der Waals surface area contributed by atoms with Crippen molar-refractivity contribution < 1.29 is 8.78 Å². The van der Waals surface area contributed by atoms with Crippen LogP contribution in [0.2, 0.25) is 0 Å². The molecule has 0 N–H and O–H groups in total. The maximum Gasteiger partial charge on any atom is 0.166 e. The average Bonchev–Trinajstić information content (AvgIpc) is 2.61. The monoisotopic (exact) mass is 342 g/mol. The van der Waals surface area contributed by atoms with Gasteiger partial charge in [0.25, 0.3) is 0 Å². The molecule has 0 nitrogen and oxygen atoms in total. The van der Waals surface area contributed by atoms with Crippen LogP contribution in [-0.4, -0.2) is 0 Å². The highest BCUT2D eigenvalue weighted by atomic mass is 19.2. The molecule has 1 aliphatic carbocycles. The summed E-state index contributed by atoms with van der Waals surface area (Å²) in [6.45, 7) is 3.66. The molecule has 0 unspecified atom stereocenters. The lowest BCUT2D eigenvalue weighted by atomic mass is 9.78. The summed E-state index contributed by atoms with van der Waals surface area (Å²) in [6, 6.07) is 11.3. The second-order valence-corrected chi connectivity index (χ2v) is 6.82. The predicted octanol–water partition coefficient (Wildman–Crippen LogP) is 7.43. The lowest BCUT2D eigenvalue weighted by Gasteiger charge is -2.27. The number of hydrogen-bond donors (Lipinski definition) is 0. The lowest BCUT2D eigenvalue weighted by molar-refractivity contribution is 0.376. The van der Waals surface area contributed by atoms with Crippen molar-refractivity contribution >= 4 is 0 Å². The van der Waals surface area contributed by atoms with Gasteiger partial charge in [0.05, 0.1) is 0 Å². The first kappa shape index (κ1) is 19.4. The first-order valence-electron chi connectivity index (χ1n) is 8.78. The second kappa shape index (κ2) is 8.42. The van der Waals surface area contributed by atoms with Gasteiger partial charge in [-0.3, -0.25) is 0 Å². The van der Waals surface area contributed by atoms with Gasteiger partial charge in [0.2, 0.25) is 0 Å². The molecule has 0 heterocycles. The second-order valence-electron chi connectivity index (χ2n) is 6.82. The molecule has 2 aromatic rings. The van der Waals surface area contributed by atoms with Crippen molar-refractivity contribution in [2.75, 3.05) is 0 Å². The molecule has 0 atom stereocenters.